The van der Waals surface area contributed by atoms with Gasteiger partial charge in [0, 0.05) is 0 Å². The van der Waals surface area contributed by atoms with E-state index in [1.165, 1.54) is 24.3 Å². The van der Waals surface area contributed by atoms with Gasteiger partial charge in [-0.2, -0.15) is 23.7 Å². The lowest BCUT2D eigenvalue weighted by Crippen LogP contribution is -2.30. The Labute approximate surface area is 145 Å². The number of halogens is 4. The summed E-state index contributed by atoms with van der Waals surface area (Å²) in [6, 6.07) is 10.2. The Morgan fingerprint density at radius 3 is 2.24 bits per heavy atom. The highest BCUT2D eigenvalue weighted by atomic mass is 35.5. The maximum absolute atomic E-state index is 13.1. The van der Waals surface area contributed by atoms with Crippen molar-refractivity contribution >= 4 is 23.2 Å². The van der Waals surface area contributed by atoms with E-state index in [-0.39, 0.29) is 21.7 Å². The molecule has 2 N–H and O–H groups in total. The highest BCUT2D eigenvalue weighted by Gasteiger charge is 2.34. The first kappa shape index (κ1) is 18.1. The molecule has 0 heterocycles. The Hall–Kier alpha value is -3.23. The molecule has 1 amide bonds. The molecule has 0 aliphatic heterocycles. The van der Waals surface area contributed by atoms with Gasteiger partial charge in [-0.1, -0.05) is 11.6 Å². The van der Waals surface area contributed by atoms with Crippen LogP contribution in [0.5, 0.6) is 0 Å². The zero-order valence-electron chi connectivity index (χ0n) is 12.3. The molecular weight excluding hydrogens is 357 g/mol. The number of nitriles is 2. The molecule has 2 aromatic rings. The molecule has 2 rings (SSSR count). The number of anilines is 1. The number of alkyl halides is 3. The largest absolute Gasteiger partial charge is 0.418 e. The van der Waals surface area contributed by atoms with Crippen molar-refractivity contribution in [3.05, 3.63) is 63.7 Å². The van der Waals surface area contributed by atoms with E-state index in [9.17, 15) is 18.0 Å². The van der Waals surface area contributed by atoms with E-state index in [0.29, 0.717) is 6.07 Å². The van der Waals surface area contributed by atoms with Crippen LogP contribution >= 0.6 is 11.6 Å². The van der Waals surface area contributed by atoms with Crippen molar-refractivity contribution in [1.82, 2.24) is 5.43 Å². The van der Waals surface area contributed by atoms with E-state index < -0.39 is 23.3 Å². The second-order valence-corrected chi connectivity index (χ2v) is 5.16. The molecule has 0 saturated heterocycles. The highest BCUT2D eigenvalue weighted by molar-refractivity contribution is 6.33. The van der Waals surface area contributed by atoms with Gasteiger partial charge in [0.15, 0.2) is 0 Å². The van der Waals surface area contributed by atoms with E-state index in [2.05, 4.69) is 10.9 Å². The van der Waals surface area contributed by atoms with E-state index in [1.807, 2.05) is 6.07 Å². The Bertz CT molecular complexity index is 913. The number of carbonyl (C=O) groups is 1. The molecule has 0 radical (unpaired) electrons. The zero-order chi connectivity index (χ0) is 18.6. The summed E-state index contributed by atoms with van der Waals surface area (Å²) in [5, 5.41) is 17.6. The van der Waals surface area contributed by atoms with E-state index in [0.717, 1.165) is 6.07 Å². The van der Waals surface area contributed by atoms with E-state index >= 15 is 0 Å². The fraction of sp³-hybridized carbons (Fsp3) is 0.0625. The van der Waals surface area contributed by atoms with Crippen molar-refractivity contribution in [3.63, 3.8) is 0 Å². The molecule has 0 atom stereocenters. The maximum Gasteiger partial charge on any atom is 0.418 e. The Morgan fingerprint density at radius 1 is 1.04 bits per heavy atom. The molecule has 5 nitrogen and oxygen atoms in total. The van der Waals surface area contributed by atoms with Gasteiger partial charge in [0.25, 0.3) is 5.91 Å². The minimum atomic E-state index is -4.72. The lowest BCUT2D eigenvalue weighted by Gasteiger charge is -2.15. The summed E-state index contributed by atoms with van der Waals surface area (Å²) in [4.78, 5) is 12.1. The first-order chi connectivity index (χ1) is 11.8. The third kappa shape index (κ3) is 4.19. The molecule has 0 unspecified atom stereocenters. The van der Waals surface area contributed by atoms with Crippen LogP contribution in [0.3, 0.4) is 0 Å². The molecule has 9 heteroatoms. The minimum absolute atomic E-state index is 0.0363. The third-order valence-electron chi connectivity index (χ3n) is 3.10. The first-order valence-electron chi connectivity index (χ1n) is 6.63. The molecule has 25 heavy (non-hydrogen) atoms. The number of carbonyl (C=O) groups excluding carboxylic acids is 1. The van der Waals surface area contributed by atoms with Crippen LogP contribution in [0.25, 0.3) is 0 Å². The van der Waals surface area contributed by atoms with Gasteiger partial charge in [-0.15, -0.1) is 0 Å². The molecule has 0 saturated carbocycles. The molecule has 0 spiro atoms. The van der Waals surface area contributed by atoms with Crippen molar-refractivity contribution in [2.24, 2.45) is 0 Å². The number of nitrogens with zero attached hydrogens (tertiary/aromatic N) is 2. The molecule has 0 bridgehead atoms. The van der Waals surface area contributed by atoms with Gasteiger partial charge in [-0.05, 0) is 36.4 Å². The van der Waals surface area contributed by atoms with Crippen LogP contribution in [0.2, 0.25) is 5.02 Å². The van der Waals surface area contributed by atoms with Crippen LogP contribution in [0.1, 0.15) is 27.0 Å². The monoisotopic (exact) mass is 364 g/mol. The number of rotatable bonds is 3. The van der Waals surface area contributed by atoms with Crippen molar-refractivity contribution in [1.29, 1.82) is 10.5 Å². The predicted molar refractivity (Wildman–Crippen MR) is 83.4 cm³/mol. The van der Waals surface area contributed by atoms with Gasteiger partial charge in [-0.25, -0.2) is 0 Å². The molecule has 126 valence electrons. The van der Waals surface area contributed by atoms with Gasteiger partial charge < -0.3 is 0 Å². The standard InChI is InChI=1S/C16H8ClF3N4O/c17-13-3-1-9(7-21)5-11(13)15(25)24-23-14-4-2-10(8-22)6-12(14)16(18,19)20/h1-6,23H,(H,24,25). The fourth-order valence-corrected chi connectivity index (χ4v) is 2.12. The maximum atomic E-state index is 13.1. The number of hydrogen-bond acceptors (Lipinski definition) is 4. The topological polar surface area (TPSA) is 88.7 Å². The van der Waals surface area contributed by atoms with Crippen LogP contribution in [-0.4, -0.2) is 5.91 Å². The van der Waals surface area contributed by atoms with E-state index in [1.54, 1.807) is 6.07 Å². The first-order valence-corrected chi connectivity index (χ1v) is 7.01. The summed E-state index contributed by atoms with van der Waals surface area (Å²) in [6.45, 7) is 0. The van der Waals surface area contributed by atoms with Crippen molar-refractivity contribution in [3.8, 4) is 12.1 Å². The highest BCUT2D eigenvalue weighted by Crippen LogP contribution is 2.35. The summed E-state index contributed by atoms with van der Waals surface area (Å²) < 4.78 is 39.2. The van der Waals surface area contributed by atoms with Crippen molar-refractivity contribution < 1.29 is 18.0 Å². The molecule has 0 aliphatic rings. The second-order valence-electron chi connectivity index (χ2n) is 4.76. The van der Waals surface area contributed by atoms with Gasteiger partial charge in [0.1, 0.15) is 0 Å². The smallest absolute Gasteiger partial charge is 0.298 e. The number of amides is 1. The molecule has 0 aromatic heterocycles. The Morgan fingerprint density at radius 2 is 1.64 bits per heavy atom. The van der Waals surface area contributed by atoms with Crippen molar-refractivity contribution in [2.75, 3.05) is 5.43 Å². The fourth-order valence-electron chi connectivity index (χ4n) is 1.92. The van der Waals surface area contributed by atoms with Crippen LogP contribution in [0.4, 0.5) is 18.9 Å². The van der Waals surface area contributed by atoms with Crippen LogP contribution in [0, 0.1) is 22.7 Å². The predicted octanol–water partition coefficient (Wildman–Crippen LogP) is 3.86. The molecule has 0 aliphatic carbocycles. The van der Waals surface area contributed by atoms with Gasteiger partial charge in [-0.3, -0.25) is 15.6 Å². The van der Waals surface area contributed by atoms with Crippen LogP contribution < -0.4 is 10.9 Å². The number of benzene rings is 2. The average Bonchev–Trinajstić information content (AvgIpc) is 2.59. The third-order valence-corrected chi connectivity index (χ3v) is 3.43. The molecule has 2 aromatic carbocycles. The van der Waals surface area contributed by atoms with Gasteiger partial charge >= 0.3 is 6.18 Å². The number of hydrogen-bond donors (Lipinski definition) is 2. The average molecular weight is 365 g/mol. The zero-order valence-corrected chi connectivity index (χ0v) is 13.0. The Kier molecular flexibility index (Phi) is 5.16. The normalized spacial score (nSPS) is 10.5. The summed E-state index contributed by atoms with van der Waals surface area (Å²) in [5.41, 5.74) is 2.63. The second kappa shape index (κ2) is 7.12. The SMILES string of the molecule is N#Cc1ccc(Cl)c(C(=O)NNc2ccc(C#N)cc2C(F)(F)F)c1. The minimum Gasteiger partial charge on any atom is -0.298 e. The number of nitrogens with one attached hydrogen (secondary N) is 2. The molecule has 0 fully saturated rings. The lowest BCUT2D eigenvalue weighted by atomic mass is 10.1. The number of hydrazine groups is 1. The van der Waals surface area contributed by atoms with E-state index in [4.69, 9.17) is 22.1 Å². The summed E-state index contributed by atoms with van der Waals surface area (Å²) in [5.74, 6) is -0.820. The van der Waals surface area contributed by atoms with Crippen molar-refractivity contribution in [2.45, 2.75) is 6.18 Å². The Balaban J connectivity index is 2.26. The molecular formula is C16H8ClF3N4O. The summed E-state index contributed by atoms with van der Waals surface area (Å²) in [6.07, 6.45) is -4.72. The van der Waals surface area contributed by atoms with Gasteiger partial charge in [0.2, 0.25) is 0 Å². The lowest BCUT2D eigenvalue weighted by molar-refractivity contribution is -0.137. The van der Waals surface area contributed by atoms with Gasteiger partial charge in [0.05, 0.1) is 45.1 Å². The summed E-state index contributed by atoms with van der Waals surface area (Å²) >= 11 is 5.86. The van der Waals surface area contributed by atoms with Crippen LogP contribution in [-0.2, 0) is 6.18 Å². The van der Waals surface area contributed by atoms with Crippen LogP contribution in [0.15, 0.2) is 36.4 Å². The quantitative estimate of drug-likeness (QED) is 0.809. The summed E-state index contributed by atoms with van der Waals surface area (Å²) in [7, 11) is 0.